The second-order valence-corrected chi connectivity index (χ2v) is 7.03. The number of halogens is 1. The molecule has 0 atom stereocenters. The molecule has 132 valence electrons. The molecule has 2 aromatic rings. The summed E-state index contributed by atoms with van der Waals surface area (Å²) in [5.74, 6) is 0.0516. The van der Waals surface area contributed by atoms with Gasteiger partial charge in [-0.1, -0.05) is 49.0 Å². The van der Waals surface area contributed by atoms with E-state index < -0.39 is 10.0 Å². The normalized spacial score (nSPS) is 11.0. The van der Waals surface area contributed by atoms with Crippen molar-refractivity contribution in [3.8, 4) is 11.5 Å². The lowest BCUT2D eigenvalue weighted by Gasteiger charge is -2.16. The largest absolute Gasteiger partial charge is 0.506 e. The highest BCUT2D eigenvalue weighted by atomic mass is 35.5. The molecule has 0 fully saturated rings. The van der Waals surface area contributed by atoms with E-state index in [0.717, 1.165) is 0 Å². The van der Waals surface area contributed by atoms with Crippen LogP contribution in [0.5, 0.6) is 11.5 Å². The molecule has 25 heavy (non-hydrogen) atoms. The number of phenols is 1. The summed E-state index contributed by atoms with van der Waals surface area (Å²) in [6.07, 6.45) is 2.80. The van der Waals surface area contributed by atoms with Gasteiger partial charge in [-0.05, 0) is 25.1 Å². The van der Waals surface area contributed by atoms with Gasteiger partial charge in [-0.2, -0.15) is 0 Å². The molecule has 0 aliphatic rings. The number of para-hydroxylation sites is 1. The average Bonchev–Trinajstić information content (AvgIpc) is 2.58. The van der Waals surface area contributed by atoms with E-state index in [1.165, 1.54) is 24.3 Å². The number of hydrogen-bond acceptors (Lipinski definition) is 4. The van der Waals surface area contributed by atoms with Crippen LogP contribution in [0.2, 0.25) is 5.02 Å². The van der Waals surface area contributed by atoms with Crippen molar-refractivity contribution in [2.24, 2.45) is 0 Å². The first kappa shape index (κ1) is 18.9. The minimum absolute atomic E-state index is 0.00343. The fourth-order valence-corrected chi connectivity index (χ4v) is 3.76. The summed E-state index contributed by atoms with van der Waals surface area (Å²) in [5.41, 5.74) is 0.840. The molecule has 0 aliphatic carbocycles. The van der Waals surface area contributed by atoms with Crippen molar-refractivity contribution < 1.29 is 18.3 Å². The van der Waals surface area contributed by atoms with Gasteiger partial charge in [0.15, 0.2) is 0 Å². The van der Waals surface area contributed by atoms with Gasteiger partial charge in [0.25, 0.3) is 10.0 Å². The fourth-order valence-electron chi connectivity index (χ4n) is 2.33. The molecule has 0 unspecified atom stereocenters. The van der Waals surface area contributed by atoms with Gasteiger partial charge in [-0.25, -0.2) is 8.42 Å². The van der Waals surface area contributed by atoms with E-state index in [-0.39, 0.29) is 27.1 Å². The van der Waals surface area contributed by atoms with Crippen LogP contribution in [0, 0.1) is 0 Å². The topological polar surface area (TPSA) is 75.6 Å². The third-order valence-corrected chi connectivity index (χ3v) is 5.12. The van der Waals surface area contributed by atoms with Gasteiger partial charge in [-0.3, -0.25) is 4.72 Å². The summed E-state index contributed by atoms with van der Waals surface area (Å²) >= 11 is 5.99. The van der Waals surface area contributed by atoms with E-state index in [9.17, 15) is 13.5 Å². The average molecular weight is 380 g/mol. The van der Waals surface area contributed by atoms with Crippen LogP contribution >= 0.6 is 11.6 Å². The Hall–Kier alpha value is -2.44. The molecule has 0 spiro atoms. The number of benzene rings is 2. The van der Waals surface area contributed by atoms with Crippen LogP contribution in [-0.4, -0.2) is 20.1 Å². The number of hydrogen-bond donors (Lipinski definition) is 2. The summed E-state index contributed by atoms with van der Waals surface area (Å²) in [6.45, 7) is 9.37. The second kappa shape index (κ2) is 7.63. The first-order valence-corrected chi connectivity index (χ1v) is 9.26. The summed E-state index contributed by atoms with van der Waals surface area (Å²) in [7, 11) is -3.95. The molecule has 0 amide bonds. The minimum atomic E-state index is -3.95. The predicted octanol–water partition coefficient (Wildman–Crippen LogP) is 4.53. The number of nitrogens with one attached hydrogen (secondary N) is 1. The fraction of sp³-hybridized carbons (Fsp3) is 0.111. The maximum absolute atomic E-state index is 12.8. The van der Waals surface area contributed by atoms with E-state index in [1.54, 1.807) is 25.1 Å². The van der Waals surface area contributed by atoms with Gasteiger partial charge >= 0.3 is 0 Å². The van der Waals surface area contributed by atoms with E-state index in [1.807, 2.05) is 0 Å². The highest BCUT2D eigenvalue weighted by Gasteiger charge is 2.22. The zero-order chi connectivity index (χ0) is 18.6. The van der Waals surface area contributed by atoms with Crippen LogP contribution in [0.4, 0.5) is 5.69 Å². The van der Waals surface area contributed by atoms with Crippen LogP contribution in [0.1, 0.15) is 18.1 Å². The molecular formula is C18H18ClNO4S. The Morgan fingerprint density at radius 2 is 1.88 bits per heavy atom. The number of rotatable bonds is 7. The van der Waals surface area contributed by atoms with E-state index in [0.29, 0.717) is 17.7 Å². The van der Waals surface area contributed by atoms with E-state index in [4.69, 9.17) is 16.3 Å². The Kier molecular flexibility index (Phi) is 5.77. The zero-order valence-electron chi connectivity index (χ0n) is 13.6. The van der Waals surface area contributed by atoms with Crippen molar-refractivity contribution in [3.05, 3.63) is 59.6 Å². The third-order valence-electron chi connectivity index (χ3n) is 3.42. The highest BCUT2D eigenvalue weighted by molar-refractivity contribution is 7.92. The third kappa shape index (κ3) is 3.81. The van der Waals surface area contributed by atoms with Gasteiger partial charge in [-0.15, -0.1) is 0 Å². The summed E-state index contributed by atoms with van der Waals surface area (Å²) in [5, 5.41) is 10.0. The smallest absolute Gasteiger partial charge is 0.265 e. The van der Waals surface area contributed by atoms with Crippen LogP contribution in [0.15, 0.2) is 48.4 Å². The maximum Gasteiger partial charge on any atom is 0.265 e. The molecule has 0 aliphatic heterocycles. The SMILES string of the molecule is C=Cc1c(NS(=O)(=O)c2ccccc2OCC)cc(Cl)c(O)c1C=C. The van der Waals surface area contributed by atoms with Crippen molar-refractivity contribution in [2.45, 2.75) is 11.8 Å². The lowest BCUT2D eigenvalue weighted by molar-refractivity contribution is 0.331. The lowest BCUT2D eigenvalue weighted by atomic mass is 10.0. The Bertz CT molecular complexity index is 923. The first-order valence-electron chi connectivity index (χ1n) is 7.40. The highest BCUT2D eigenvalue weighted by Crippen LogP contribution is 2.38. The van der Waals surface area contributed by atoms with Crippen molar-refractivity contribution in [1.29, 1.82) is 0 Å². The molecule has 5 nitrogen and oxygen atoms in total. The molecule has 7 heteroatoms. The lowest BCUT2D eigenvalue weighted by Crippen LogP contribution is -2.15. The quantitative estimate of drug-likeness (QED) is 0.693. The van der Waals surface area contributed by atoms with Crippen LogP contribution in [0.25, 0.3) is 12.2 Å². The number of aromatic hydroxyl groups is 1. The summed E-state index contributed by atoms with van der Waals surface area (Å²) in [6, 6.07) is 7.63. The van der Waals surface area contributed by atoms with Crippen LogP contribution in [-0.2, 0) is 10.0 Å². The second-order valence-electron chi connectivity index (χ2n) is 4.98. The van der Waals surface area contributed by atoms with Gasteiger partial charge in [0.1, 0.15) is 16.4 Å². The Balaban J connectivity index is 2.58. The van der Waals surface area contributed by atoms with Crippen molar-refractivity contribution >= 4 is 39.5 Å². The molecular weight excluding hydrogens is 362 g/mol. The van der Waals surface area contributed by atoms with Crippen LogP contribution < -0.4 is 9.46 Å². The molecule has 0 bridgehead atoms. The van der Waals surface area contributed by atoms with Gasteiger partial charge in [0, 0.05) is 11.1 Å². The number of anilines is 1. The Labute approximate surface area is 152 Å². The first-order chi connectivity index (χ1) is 11.9. The van der Waals surface area contributed by atoms with Gasteiger partial charge in [0.05, 0.1) is 17.3 Å². The monoisotopic (exact) mass is 379 g/mol. The van der Waals surface area contributed by atoms with Crippen LogP contribution in [0.3, 0.4) is 0 Å². The molecule has 0 heterocycles. The van der Waals surface area contributed by atoms with E-state index in [2.05, 4.69) is 17.9 Å². The number of sulfonamides is 1. The molecule has 0 radical (unpaired) electrons. The van der Waals surface area contributed by atoms with Gasteiger partial charge < -0.3 is 9.84 Å². The van der Waals surface area contributed by atoms with E-state index >= 15 is 0 Å². The number of ether oxygens (including phenoxy) is 1. The van der Waals surface area contributed by atoms with Crippen molar-refractivity contribution in [3.63, 3.8) is 0 Å². The molecule has 0 aromatic heterocycles. The maximum atomic E-state index is 12.8. The van der Waals surface area contributed by atoms with Crippen molar-refractivity contribution in [2.75, 3.05) is 11.3 Å². The molecule has 2 N–H and O–H groups in total. The van der Waals surface area contributed by atoms with Crippen molar-refractivity contribution in [1.82, 2.24) is 0 Å². The molecule has 2 rings (SSSR count). The molecule has 2 aromatic carbocycles. The summed E-state index contributed by atoms with van der Waals surface area (Å²) < 4.78 is 33.5. The Morgan fingerprint density at radius 1 is 1.24 bits per heavy atom. The summed E-state index contributed by atoms with van der Waals surface area (Å²) in [4.78, 5) is -0.00351. The Morgan fingerprint density at radius 3 is 2.48 bits per heavy atom. The molecule has 0 saturated heterocycles. The van der Waals surface area contributed by atoms with Gasteiger partial charge in [0.2, 0.25) is 0 Å². The zero-order valence-corrected chi connectivity index (χ0v) is 15.2. The predicted molar refractivity (Wildman–Crippen MR) is 102 cm³/mol. The standard InChI is InChI=1S/C18H18ClNO4S/c1-4-12-13(5-2)18(21)14(19)11-15(12)20-25(22,23)17-10-8-7-9-16(17)24-6-3/h4-5,7-11,20-21H,1-2,6H2,3H3. The minimum Gasteiger partial charge on any atom is -0.506 e. The molecule has 0 saturated carbocycles. The number of phenolic OH excluding ortho intramolecular Hbond substituents is 1.